The van der Waals surface area contributed by atoms with E-state index in [0.717, 1.165) is 29.7 Å². The van der Waals surface area contributed by atoms with Gasteiger partial charge in [0.15, 0.2) is 28.8 Å². The van der Waals surface area contributed by atoms with Gasteiger partial charge >= 0.3 is 0 Å². The molecule has 2 aliphatic rings. The minimum atomic E-state index is -0.0502. The Labute approximate surface area is 188 Å². The molecule has 2 heterocycles. The second kappa shape index (κ2) is 8.74. The number of benzene rings is 2. The van der Waals surface area contributed by atoms with Gasteiger partial charge in [-0.2, -0.15) is 0 Å². The summed E-state index contributed by atoms with van der Waals surface area (Å²) in [5, 5.41) is 0. The summed E-state index contributed by atoms with van der Waals surface area (Å²) in [5.74, 6) is 3.35. The van der Waals surface area contributed by atoms with E-state index in [4.69, 9.17) is 23.7 Å². The molecule has 0 saturated carbocycles. The smallest absolute Gasteiger partial charge is 0.231 e. The van der Waals surface area contributed by atoms with Gasteiger partial charge in [0.1, 0.15) is 6.04 Å². The number of carbonyl (C=O) groups excluding carboxylic acids is 1. The molecule has 2 aromatic carbocycles. The van der Waals surface area contributed by atoms with Gasteiger partial charge in [-0.3, -0.25) is 4.79 Å². The normalized spacial score (nSPS) is 18.3. The van der Waals surface area contributed by atoms with Gasteiger partial charge < -0.3 is 28.2 Å². The molecule has 0 bridgehead atoms. The summed E-state index contributed by atoms with van der Waals surface area (Å²) >= 11 is 0. The van der Waals surface area contributed by atoms with Crippen molar-refractivity contribution >= 4 is 11.9 Å². The molecule has 0 aliphatic carbocycles. The summed E-state index contributed by atoms with van der Waals surface area (Å²) in [6, 6.07) is 7.56. The highest BCUT2D eigenvalue weighted by Gasteiger charge is 2.41. The Kier molecular flexibility index (Phi) is 6.02. The largest absolute Gasteiger partial charge is 0.493 e. The van der Waals surface area contributed by atoms with Gasteiger partial charge in [0, 0.05) is 6.42 Å². The molecule has 0 N–H and O–H groups in total. The van der Waals surface area contributed by atoms with E-state index in [1.807, 2.05) is 30.3 Å². The molecular weight excluding hydrogens is 410 g/mol. The Bertz CT molecular complexity index is 1060. The molecule has 1 atom stereocenters. The van der Waals surface area contributed by atoms with Crippen molar-refractivity contribution in [1.29, 1.82) is 0 Å². The highest BCUT2D eigenvalue weighted by Crippen LogP contribution is 2.51. The molecule has 0 fully saturated rings. The molecule has 0 aromatic heterocycles. The minimum absolute atomic E-state index is 0.0450. The van der Waals surface area contributed by atoms with Crippen molar-refractivity contribution in [2.75, 3.05) is 48.8 Å². The van der Waals surface area contributed by atoms with Crippen molar-refractivity contribution in [3.8, 4) is 28.7 Å². The Morgan fingerprint density at radius 2 is 1.88 bits per heavy atom. The van der Waals surface area contributed by atoms with Gasteiger partial charge in [-0.05, 0) is 35.4 Å². The van der Waals surface area contributed by atoms with Crippen LogP contribution < -0.4 is 23.7 Å². The predicted octanol–water partition coefficient (Wildman–Crippen LogP) is 3.79. The zero-order valence-corrected chi connectivity index (χ0v) is 19.3. The van der Waals surface area contributed by atoms with Crippen LogP contribution in [-0.4, -0.2) is 59.0 Å². The fraction of sp³-hybridized carbons (Fsp3) is 0.400. The van der Waals surface area contributed by atoms with E-state index >= 15 is 0 Å². The first-order chi connectivity index (χ1) is 15.4. The van der Waals surface area contributed by atoms with Gasteiger partial charge in [0.25, 0.3) is 0 Å². The number of methoxy groups -OCH3 is 3. The second-order valence-electron chi connectivity index (χ2n) is 8.60. The Hall–Kier alpha value is -3.19. The van der Waals surface area contributed by atoms with E-state index in [0.29, 0.717) is 39.7 Å². The Morgan fingerprint density at radius 1 is 1.09 bits per heavy atom. The second-order valence-corrected chi connectivity index (χ2v) is 8.60. The quantitative estimate of drug-likeness (QED) is 0.482. The maximum absolute atomic E-state index is 13.0. The topological polar surface area (TPSA) is 63.2 Å². The molecule has 7 nitrogen and oxygen atoms in total. The minimum Gasteiger partial charge on any atom is -0.493 e. The molecule has 0 spiro atoms. The van der Waals surface area contributed by atoms with E-state index in [1.54, 1.807) is 27.4 Å². The third-order valence-electron chi connectivity index (χ3n) is 6.35. The van der Waals surface area contributed by atoms with Crippen LogP contribution in [0.25, 0.3) is 6.08 Å². The number of fused-ring (bicyclic) bond motifs is 2. The predicted molar refractivity (Wildman–Crippen MR) is 121 cm³/mol. The van der Waals surface area contributed by atoms with Gasteiger partial charge in [0.2, 0.25) is 12.5 Å². The lowest BCUT2D eigenvalue weighted by atomic mass is 9.86. The lowest BCUT2D eigenvalue weighted by Crippen LogP contribution is -2.48. The first kappa shape index (κ1) is 22.0. The molecule has 2 aliphatic heterocycles. The van der Waals surface area contributed by atoms with E-state index < -0.39 is 0 Å². The summed E-state index contributed by atoms with van der Waals surface area (Å²) in [6.45, 7) is 1.11. The number of hydrogen-bond donors (Lipinski definition) is 0. The highest BCUT2D eigenvalue weighted by molar-refractivity contribution is 5.94. The van der Waals surface area contributed by atoms with Crippen LogP contribution >= 0.6 is 0 Å². The van der Waals surface area contributed by atoms with Gasteiger partial charge in [0.05, 0.1) is 54.0 Å². The monoisotopic (exact) mass is 440 g/mol. The van der Waals surface area contributed by atoms with Crippen LogP contribution in [0.4, 0.5) is 0 Å². The Balaban J connectivity index is 1.61. The van der Waals surface area contributed by atoms with Gasteiger partial charge in [-0.15, -0.1) is 0 Å². The number of likely N-dealkylation sites (N-methyl/N-ethyl adjacent to an activating group) is 1. The fourth-order valence-electron chi connectivity index (χ4n) is 4.52. The summed E-state index contributed by atoms with van der Waals surface area (Å²) in [4.78, 5) is 13.0. The standard InChI is InChI=1S/C25H30NO6/c1-26(2)11-10-17-13-22-24(32-15-31-22)25(30-5)23(17)19(26)14-18(27)8-6-16-7-9-20(28-3)21(12-16)29-4/h6-9,12-13,19H,10-11,14-15H2,1-5H3/q+1/b8-6+/t19-/m1/s1. The number of hydrogen-bond acceptors (Lipinski definition) is 6. The van der Waals surface area contributed by atoms with Crippen molar-refractivity contribution in [3.63, 3.8) is 0 Å². The van der Waals surface area contributed by atoms with Crippen LogP contribution in [0.1, 0.15) is 29.2 Å². The number of ketones is 1. The van der Waals surface area contributed by atoms with E-state index in [9.17, 15) is 4.79 Å². The lowest BCUT2D eigenvalue weighted by molar-refractivity contribution is -0.922. The first-order valence-corrected chi connectivity index (χ1v) is 10.6. The van der Waals surface area contributed by atoms with Crippen LogP contribution in [0.15, 0.2) is 30.3 Å². The van der Waals surface area contributed by atoms with Crippen LogP contribution in [0, 0.1) is 0 Å². The van der Waals surface area contributed by atoms with Crippen LogP contribution in [0.5, 0.6) is 28.7 Å². The zero-order chi connectivity index (χ0) is 22.9. The summed E-state index contributed by atoms with van der Waals surface area (Å²) in [7, 11) is 9.14. The van der Waals surface area contributed by atoms with E-state index in [2.05, 4.69) is 14.1 Å². The summed E-state index contributed by atoms with van der Waals surface area (Å²) in [5.41, 5.74) is 3.07. The summed E-state index contributed by atoms with van der Waals surface area (Å²) in [6.07, 6.45) is 4.70. The van der Waals surface area contributed by atoms with E-state index in [1.165, 1.54) is 0 Å². The van der Waals surface area contributed by atoms with Crippen molar-refractivity contribution in [2.45, 2.75) is 18.9 Å². The lowest BCUT2D eigenvalue weighted by Gasteiger charge is -2.43. The summed E-state index contributed by atoms with van der Waals surface area (Å²) < 4.78 is 28.4. The average Bonchev–Trinajstić information content (AvgIpc) is 3.26. The van der Waals surface area contributed by atoms with E-state index in [-0.39, 0.29) is 18.6 Å². The highest BCUT2D eigenvalue weighted by atomic mass is 16.7. The molecule has 7 heteroatoms. The SMILES string of the molecule is COc1ccc(/C=C/C(=O)C[C@@H]2c3c(cc4c(c3OC)OCO4)CC[N+]2(C)C)cc1OC. The molecule has 4 rings (SSSR count). The molecule has 170 valence electrons. The number of allylic oxidation sites excluding steroid dienone is 1. The third kappa shape index (κ3) is 4.00. The zero-order valence-electron chi connectivity index (χ0n) is 19.3. The van der Waals surface area contributed by atoms with Crippen LogP contribution in [-0.2, 0) is 11.2 Å². The van der Waals surface area contributed by atoms with Gasteiger partial charge in [-0.1, -0.05) is 12.1 Å². The molecule has 0 radical (unpaired) electrons. The number of rotatable bonds is 7. The van der Waals surface area contributed by atoms with Crippen molar-refractivity contribution in [2.24, 2.45) is 0 Å². The van der Waals surface area contributed by atoms with Crippen LogP contribution in [0.3, 0.4) is 0 Å². The third-order valence-corrected chi connectivity index (χ3v) is 6.35. The molecule has 0 unspecified atom stereocenters. The van der Waals surface area contributed by atoms with Crippen molar-refractivity contribution < 1.29 is 33.0 Å². The number of quaternary nitrogens is 1. The average molecular weight is 441 g/mol. The number of ether oxygens (including phenoxy) is 5. The number of nitrogens with zero attached hydrogens (tertiary/aromatic N) is 1. The van der Waals surface area contributed by atoms with Crippen molar-refractivity contribution in [1.82, 2.24) is 0 Å². The molecule has 0 saturated heterocycles. The van der Waals surface area contributed by atoms with Gasteiger partial charge in [-0.25, -0.2) is 0 Å². The molecule has 32 heavy (non-hydrogen) atoms. The number of carbonyl (C=O) groups is 1. The molecule has 0 amide bonds. The molecule has 2 aromatic rings. The van der Waals surface area contributed by atoms with Crippen molar-refractivity contribution in [3.05, 3.63) is 47.0 Å². The maximum atomic E-state index is 13.0. The fourth-order valence-corrected chi connectivity index (χ4v) is 4.52. The molecular formula is C25H30NO6+. The maximum Gasteiger partial charge on any atom is 0.231 e. The van der Waals surface area contributed by atoms with Crippen LogP contribution in [0.2, 0.25) is 0 Å². The Morgan fingerprint density at radius 3 is 2.59 bits per heavy atom. The first-order valence-electron chi connectivity index (χ1n) is 10.6.